The number of hydrogen-bond acceptors (Lipinski definition) is 5. The Morgan fingerprint density at radius 1 is 1.47 bits per heavy atom. The van der Waals surface area contributed by atoms with Crippen molar-refractivity contribution in [2.45, 2.75) is 19.4 Å². The van der Waals surface area contributed by atoms with Gasteiger partial charge in [-0.05, 0) is 18.9 Å². The molecule has 0 saturated carbocycles. The van der Waals surface area contributed by atoms with E-state index in [1.807, 2.05) is 30.3 Å². The maximum Gasteiger partial charge on any atom is 0.476 e. The molecule has 0 radical (unpaired) electrons. The highest BCUT2D eigenvalue weighted by Crippen LogP contribution is 2.47. The third-order valence-corrected chi connectivity index (χ3v) is 2.76. The topological polar surface area (TPSA) is 84.9 Å². The molecular weight excluding hydrogens is 293 g/mol. The van der Waals surface area contributed by atoms with Crippen molar-refractivity contribution in [2.75, 3.05) is 6.61 Å². The molecule has 0 amide bonds. The van der Waals surface area contributed by atoms with Crippen molar-refractivity contribution < 1.29 is 23.6 Å². The van der Waals surface area contributed by atoms with Gasteiger partial charge in [0.1, 0.15) is 6.04 Å². The van der Waals surface area contributed by atoms with Gasteiger partial charge < -0.3 is 14.3 Å². The molecule has 1 aromatic carbocycles. The zero-order valence-electron chi connectivity index (χ0n) is 10.3. The van der Waals surface area contributed by atoms with E-state index < -0.39 is 19.0 Å². The summed E-state index contributed by atoms with van der Waals surface area (Å²) in [6.07, 6.45) is 0.670. The first-order chi connectivity index (χ1) is 8.88. The minimum absolute atomic E-state index is 0.347. The van der Waals surface area contributed by atoms with Gasteiger partial charge in [0.15, 0.2) is 0 Å². The van der Waals surface area contributed by atoms with Crippen LogP contribution in [0.3, 0.4) is 0 Å². The molecule has 19 heavy (non-hydrogen) atoms. The molecule has 0 bridgehead atoms. The van der Waals surface area contributed by atoms with Crippen molar-refractivity contribution in [2.24, 2.45) is 0 Å². The summed E-state index contributed by atoms with van der Waals surface area (Å²) >= 11 is 4.91. The predicted molar refractivity (Wildman–Crippen MR) is 70.5 cm³/mol. The molecule has 0 saturated heterocycles. The second-order valence-electron chi connectivity index (χ2n) is 3.79. The van der Waals surface area contributed by atoms with E-state index >= 15 is 0 Å². The molecule has 0 spiro atoms. The van der Waals surface area contributed by atoms with Crippen LogP contribution >= 0.6 is 18.2 Å². The van der Waals surface area contributed by atoms with Crippen LogP contribution in [0, 0.1) is 0 Å². The van der Waals surface area contributed by atoms with Crippen LogP contribution in [0.4, 0.5) is 0 Å². The lowest BCUT2D eigenvalue weighted by Crippen LogP contribution is -2.35. The molecule has 0 aliphatic carbocycles. The highest BCUT2D eigenvalue weighted by atomic mass is 35.7. The Bertz CT molecular complexity index is 450. The summed E-state index contributed by atoms with van der Waals surface area (Å²) in [5, 5.41) is 0. The minimum Gasteiger partial charge on any atom is -0.379 e. The van der Waals surface area contributed by atoms with Crippen molar-refractivity contribution >= 4 is 24.2 Å². The van der Waals surface area contributed by atoms with Crippen LogP contribution in [0.2, 0.25) is 0 Å². The number of carbonyl (C=O) groups is 1. The molecule has 0 aromatic heterocycles. The number of nitrogens with one attached hydrogen (secondary N) is 1. The van der Waals surface area contributed by atoms with Crippen LogP contribution < -0.4 is 5.48 Å². The summed E-state index contributed by atoms with van der Waals surface area (Å²) in [7, 11) is 0. The highest BCUT2D eigenvalue weighted by Gasteiger charge is 2.24. The number of rotatable bonds is 7. The van der Waals surface area contributed by atoms with Crippen LogP contribution in [0.15, 0.2) is 30.3 Å². The lowest BCUT2D eigenvalue weighted by atomic mass is 10.2. The summed E-state index contributed by atoms with van der Waals surface area (Å²) in [5.74, 6) is -0.958. The van der Waals surface area contributed by atoms with E-state index in [-0.39, 0.29) is 0 Å². The van der Waals surface area contributed by atoms with Crippen LogP contribution in [0.5, 0.6) is 0 Å². The predicted octanol–water partition coefficient (Wildman–Crippen LogP) is 2.02. The number of halogens is 1. The number of carbonyl (C=O) groups excluding carboxylic acids is 1. The summed E-state index contributed by atoms with van der Waals surface area (Å²) in [6.45, 7) is -2.56. The maximum atomic E-state index is 11.2. The lowest BCUT2D eigenvalue weighted by Gasteiger charge is -2.13. The van der Waals surface area contributed by atoms with Gasteiger partial charge in [-0.15, -0.1) is 0 Å². The third kappa shape index (κ3) is 7.30. The Kier molecular flexibility index (Phi) is 6.48. The molecule has 1 aromatic rings. The van der Waals surface area contributed by atoms with E-state index in [1.54, 1.807) is 0 Å². The van der Waals surface area contributed by atoms with Gasteiger partial charge >= 0.3 is 12.9 Å². The largest absolute Gasteiger partial charge is 0.476 e. The molecule has 1 unspecified atom stereocenters. The van der Waals surface area contributed by atoms with E-state index in [4.69, 9.17) is 21.0 Å². The summed E-state index contributed by atoms with van der Waals surface area (Å²) < 4.78 is 14.8. The molecule has 0 aliphatic heterocycles. The molecule has 0 fully saturated rings. The zero-order chi connectivity index (χ0) is 14.3. The Balaban J connectivity index is 2.22. The fourth-order valence-corrected chi connectivity index (χ4v) is 1.82. The lowest BCUT2D eigenvalue weighted by molar-refractivity contribution is -0.140. The second-order valence-corrected chi connectivity index (χ2v) is 6.15. The van der Waals surface area contributed by atoms with Gasteiger partial charge in [0, 0.05) is 11.2 Å². The van der Waals surface area contributed by atoms with Gasteiger partial charge in [-0.3, -0.25) is 0 Å². The Morgan fingerprint density at radius 3 is 2.68 bits per heavy atom. The van der Waals surface area contributed by atoms with Crippen LogP contribution in [0.25, 0.3) is 0 Å². The molecule has 6 nitrogen and oxygen atoms in total. The van der Waals surface area contributed by atoms with Crippen molar-refractivity contribution in [3.8, 4) is 0 Å². The van der Waals surface area contributed by atoms with E-state index in [0.29, 0.717) is 13.0 Å². The molecule has 0 heterocycles. The van der Waals surface area contributed by atoms with Gasteiger partial charge in [-0.25, -0.2) is 9.36 Å². The number of benzene rings is 1. The molecule has 1 rings (SSSR count). The molecular formula is C11H15ClNO5P. The Labute approximate surface area is 116 Å². The maximum absolute atomic E-state index is 11.2. The fraction of sp³-hybridized carbons (Fsp3) is 0.364. The SMILES string of the molecule is C[C@H](NOCCc1ccccc1)C(=O)OP(=O)(O)Cl. The molecule has 2 atom stereocenters. The van der Waals surface area contributed by atoms with E-state index in [0.717, 1.165) is 5.56 Å². The van der Waals surface area contributed by atoms with E-state index in [2.05, 4.69) is 10.0 Å². The quantitative estimate of drug-likeness (QED) is 0.455. The van der Waals surface area contributed by atoms with Crippen molar-refractivity contribution in [3.05, 3.63) is 35.9 Å². The number of hydrogen-bond donors (Lipinski definition) is 2. The Morgan fingerprint density at radius 2 is 2.11 bits per heavy atom. The van der Waals surface area contributed by atoms with Crippen LogP contribution in [-0.4, -0.2) is 23.5 Å². The Hall–Kier alpha value is -0.910. The molecule has 0 aliphatic rings. The van der Waals surface area contributed by atoms with Crippen LogP contribution in [-0.2, 0) is 25.1 Å². The average molecular weight is 308 g/mol. The van der Waals surface area contributed by atoms with Gasteiger partial charge in [0.05, 0.1) is 6.61 Å². The van der Waals surface area contributed by atoms with Crippen molar-refractivity contribution in [1.29, 1.82) is 0 Å². The van der Waals surface area contributed by atoms with Crippen molar-refractivity contribution in [3.63, 3.8) is 0 Å². The van der Waals surface area contributed by atoms with Crippen molar-refractivity contribution in [1.82, 2.24) is 5.48 Å². The highest BCUT2D eigenvalue weighted by molar-refractivity contribution is 7.80. The zero-order valence-corrected chi connectivity index (χ0v) is 11.9. The van der Waals surface area contributed by atoms with Gasteiger partial charge in [-0.2, -0.15) is 5.48 Å². The average Bonchev–Trinajstić information content (AvgIpc) is 2.33. The third-order valence-electron chi connectivity index (χ3n) is 2.15. The smallest absolute Gasteiger partial charge is 0.379 e. The summed E-state index contributed by atoms with van der Waals surface area (Å²) in [5.41, 5.74) is 3.51. The van der Waals surface area contributed by atoms with Gasteiger partial charge in [-0.1, -0.05) is 30.3 Å². The molecule has 106 valence electrons. The first-order valence-electron chi connectivity index (χ1n) is 5.55. The first kappa shape index (κ1) is 16.1. The second kappa shape index (κ2) is 7.62. The number of hydroxylamine groups is 1. The summed E-state index contributed by atoms with van der Waals surface area (Å²) in [4.78, 5) is 25.0. The van der Waals surface area contributed by atoms with Crippen LogP contribution in [0.1, 0.15) is 12.5 Å². The summed E-state index contributed by atoms with van der Waals surface area (Å²) in [6, 6.07) is 8.77. The molecule has 8 heteroatoms. The standard InChI is InChI=1S/C11H15ClNO5P/c1-9(11(14)18-19(12,15)16)13-17-8-7-10-5-3-2-4-6-10/h2-6,9,13H,7-8H2,1H3,(H,15,16)/t9-/m0/s1. The van der Waals surface area contributed by atoms with E-state index in [1.165, 1.54) is 6.92 Å². The monoisotopic (exact) mass is 307 g/mol. The fourth-order valence-electron chi connectivity index (χ4n) is 1.24. The van der Waals surface area contributed by atoms with E-state index in [9.17, 15) is 9.36 Å². The van der Waals surface area contributed by atoms with Gasteiger partial charge in [0.25, 0.3) is 0 Å². The molecule has 2 N–H and O–H groups in total. The minimum atomic E-state index is -4.34. The normalized spacial score (nSPS) is 15.5. The first-order valence-corrected chi connectivity index (χ1v) is 8.04. The van der Waals surface area contributed by atoms with Gasteiger partial charge in [0.2, 0.25) is 0 Å².